The number of benzene rings is 1. The van der Waals surface area contributed by atoms with Gasteiger partial charge >= 0.3 is 6.09 Å². The van der Waals surface area contributed by atoms with Gasteiger partial charge < -0.3 is 19.4 Å². The predicted molar refractivity (Wildman–Crippen MR) is 135 cm³/mol. The maximum Gasteiger partial charge on any atom is 0.411 e. The zero-order chi connectivity index (χ0) is 25.1. The van der Waals surface area contributed by atoms with Crippen molar-refractivity contribution in [2.45, 2.75) is 32.7 Å². The molecular formula is C24H25Cl2N5O4. The fraction of sp³-hybridized carbons (Fsp3) is 0.333. The van der Waals surface area contributed by atoms with Gasteiger partial charge in [-0.05, 0) is 50.8 Å². The summed E-state index contributed by atoms with van der Waals surface area (Å²) in [5.74, 6) is 0.738. The number of carbonyl (C=O) groups is 1. The molecule has 2 aromatic heterocycles. The van der Waals surface area contributed by atoms with E-state index in [0.717, 1.165) is 18.4 Å². The summed E-state index contributed by atoms with van der Waals surface area (Å²) < 4.78 is 12.2. The Hall–Kier alpha value is -3.30. The number of aryl methyl sites for hydroxylation is 2. The number of nitrogens with zero attached hydrogens (tertiary/aromatic N) is 3. The van der Waals surface area contributed by atoms with Gasteiger partial charge in [0.15, 0.2) is 5.82 Å². The highest BCUT2D eigenvalue weighted by Gasteiger charge is 2.35. The molecule has 3 aromatic rings. The number of para-hydroxylation sites is 1. The standard InChI is InChI=1S/C24H25Cl2N5O4/c1-13-10-18(14(2)27-22(13)34-3)28-21-23(32)31(11-20(26)30-21)19(15-8-9-15)12-35-24(33)29-17-7-5-4-6-16(17)25/h4-7,10-11,15,19H,8-9,12H2,1-3H3,(H,28,30)(H,29,33)/t19-/m0/s1. The molecule has 0 spiro atoms. The minimum Gasteiger partial charge on any atom is -0.481 e. The summed E-state index contributed by atoms with van der Waals surface area (Å²) in [4.78, 5) is 34.3. The topological polar surface area (TPSA) is 107 Å². The van der Waals surface area contributed by atoms with Gasteiger partial charge in [0.2, 0.25) is 5.88 Å². The Bertz CT molecular complexity index is 1310. The lowest BCUT2D eigenvalue weighted by Gasteiger charge is -2.21. The van der Waals surface area contributed by atoms with Crippen LogP contribution in [0.25, 0.3) is 0 Å². The molecule has 1 saturated carbocycles. The van der Waals surface area contributed by atoms with Crippen molar-refractivity contribution in [3.8, 4) is 5.88 Å². The molecule has 0 bridgehead atoms. The van der Waals surface area contributed by atoms with Gasteiger partial charge in [-0.3, -0.25) is 10.1 Å². The molecule has 1 aromatic carbocycles. The summed E-state index contributed by atoms with van der Waals surface area (Å²) in [6.45, 7) is 3.64. The fourth-order valence-corrected chi connectivity index (χ4v) is 4.12. The zero-order valence-electron chi connectivity index (χ0n) is 19.5. The maximum absolute atomic E-state index is 13.4. The lowest BCUT2D eigenvalue weighted by Crippen LogP contribution is -2.32. The summed E-state index contributed by atoms with van der Waals surface area (Å²) in [6, 6.07) is 8.29. The maximum atomic E-state index is 13.4. The number of rotatable bonds is 8. The summed E-state index contributed by atoms with van der Waals surface area (Å²) in [5, 5.41) is 6.20. The number of ether oxygens (including phenoxy) is 2. The van der Waals surface area contributed by atoms with Gasteiger partial charge in [-0.25, -0.2) is 14.8 Å². The highest BCUT2D eigenvalue weighted by Crippen LogP contribution is 2.40. The van der Waals surface area contributed by atoms with Gasteiger partial charge in [0, 0.05) is 11.8 Å². The lowest BCUT2D eigenvalue weighted by atomic mass is 10.2. The van der Waals surface area contributed by atoms with Crippen LogP contribution in [0.3, 0.4) is 0 Å². The van der Waals surface area contributed by atoms with Crippen LogP contribution >= 0.6 is 23.2 Å². The van der Waals surface area contributed by atoms with Crippen LogP contribution in [0.4, 0.5) is 22.0 Å². The van der Waals surface area contributed by atoms with Crippen LogP contribution < -0.4 is 20.9 Å². The normalized spacial score (nSPS) is 13.7. The minimum atomic E-state index is -0.661. The Morgan fingerprint density at radius 2 is 1.94 bits per heavy atom. The molecule has 1 aliphatic carbocycles. The highest BCUT2D eigenvalue weighted by molar-refractivity contribution is 6.33. The molecule has 9 nitrogen and oxygen atoms in total. The Balaban J connectivity index is 1.55. The van der Waals surface area contributed by atoms with E-state index >= 15 is 0 Å². The number of methoxy groups -OCH3 is 1. The molecule has 1 aliphatic rings. The minimum absolute atomic E-state index is 0.0110. The second kappa shape index (κ2) is 10.5. The second-order valence-electron chi connectivity index (χ2n) is 8.31. The summed E-state index contributed by atoms with van der Waals surface area (Å²) in [6.07, 6.45) is 2.63. The first-order valence-electron chi connectivity index (χ1n) is 11.0. The number of aromatic nitrogens is 3. The van der Waals surface area contributed by atoms with Gasteiger partial charge in [0.25, 0.3) is 5.56 Å². The molecule has 1 fully saturated rings. The number of hydrogen-bond acceptors (Lipinski definition) is 7. The average molecular weight is 518 g/mol. The third kappa shape index (κ3) is 5.86. The van der Waals surface area contributed by atoms with Gasteiger partial charge in [-0.2, -0.15) is 0 Å². The first-order valence-corrected chi connectivity index (χ1v) is 11.8. The molecule has 0 radical (unpaired) electrons. The van der Waals surface area contributed by atoms with E-state index in [2.05, 4.69) is 20.6 Å². The average Bonchev–Trinajstić information content (AvgIpc) is 3.65. The molecule has 1 amide bonds. The van der Waals surface area contributed by atoms with Crippen molar-refractivity contribution in [1.29, 1.82) is 0 Å². The van der Waals surface area contributed by atoms with Gasteiger partial charge in [-0.15, -0.1) is 0 Å². The van der Waals surface area contributed by atoms with Crippen molar-refractivity contribution in [3.63, 3.8) is 0 Å². The van der Waals surface area contributed by atoms with Crippen molar-refractivity contribution >= 4 is 46.5 Å². The zero-order valence-corrected chi connectivity index (χ0v) is 21.0. The van der Waals surface area contributed by atoms with E-state index in [9.17, 15) is 9.59 Å². The second-order valence-corrected chi connectivity index (χ2v) is 9.10. The Morgan fingerprint density at radius 1 is 1.20 bits per heavy atom. The van der Waals surface area contributed by atoms with Crippen LogP contribution in [0.5, 0.6) is 5.88 Å². The van der Waals surface area contributed by atoms with Crippen molar-refractivity contribution in [3.05, 3.63) is 68.3 Å². The van der Waals surface area contributed by atoms with Crippen molar-refractivity contribution in [1.82, 2.24) is 14.5 Å². The van der Waals surface area contributed by atoms with E-state index in [1.165, 1.54) is 10.8 Å². The Morgan fingerprint density at radius 3 is 2.63 bits per heavy atom. The number of amides is 1. The van der Waals surface area contributed by atoms with Gasteiger partial charge in [0.1, 0.15) is 11.8 Å². The van der Waals surface area contributed by atoms with E-state index in [0.29, 0.717) is 28.0 Å². The first kappa shape index (κ1) is 24.8. The van der Waals surface area contributed by atoms with E-state index in [1.54, 1.807) is 38.3 Å². The van der Waals surface area contributed by atoms with E-state index in [4.69, 9.17) is 32.7 Å². The van der Waals surface area contributed by atoms with E-state index < -0.39 is 12.1 Å². The van der Waals surface area contributed by atoms with E-state index in [1.807, 2.05) is 13.0 Å². The molecule has 0 aliphatic heterocycles. The SMILES string of the molecule is COc1nc(C)c(Nc2nc(Cl)cn([C@@H](COC(=O)Nc3ccccc3Cl)C3CC3)c2=O)cc1C. The van der Waals surface area contributed by atoms with E-state index in [-0.39, 0.29) is 29.1 Å². The number of hydrogen-bond donors (Lipinski definition) is 2. The van der Waals surface area contributed by atoms with Crippen LogP contribution in [-0.4, -0.2) is 34.3 Å². The molecule has 35 heavy (non-hydrogen) atoms. The van der Waals surface area contributed by atoms with Crippen molar-refractivity contribution in [2.75, 3.05) is 24.4 Å². The van der Waals surface area contributed by atoms with Gasteiger partial charge in [-0.1, -0.05) is 35.3 Å². The molecule has 11 heteroatoms. The molecule has 184 valence electrons. The van der Waals surface area contributed by atoms with Crippen molar-refractivity contribution < 1.29 is 14.3 Å². The molecular weight excluding hydrogens is 493 g/mol. The largest absolute Gasteiger partial charge is 0.481 e. The Labute approximate surface area is 212 Å². The number of nitrogens with one attached hydrogen (secondary N) is 2. The highest BCUT2D eigenvalue weighted by atomic mass is 35.5. The molecule has 0 saturated heterocycles. The molecule has 2 heterocycles. The lowest BCUT2D eigenvalue weighted by molar-refractivity contribution is 0.135. The smallest absolute Gasteiger partial charge is 0.411 e. The predicted octanol–water partition coefficient (Wildman–Crippen LogP) is 5.51. The third-order valence-corrected chi connectivity index (χ3v) is 6.24. The van der Waals surface area contributed by atoms with Crippen molar-refractivity contribution in [2.24, 2.45) is 5.92 Å². The number of halogens is 2. The molecule has 4 rings (SSSR count). The summed E-state index contributed by atoms with van der Waals surface area (Å²) >= 11 is 12.4. The number of carbonyl (C=O) groups excluding carboxylic acids is 1. The quantitative estimate of drug-likeness (QED) is 0.405. The number of pyridine rings is 1. The first-order chi connectivity index (χ1) is 16.8. The van der Waals surface area contributed by atoms with Gasteiger partial charge in [0.05, 0.1) is 35.2 Å². The summed E-state index contributed by atoms with van der Waals surface area (Å²) in [7, 11) is 1.55. The third-order valence-electron chi connectivity index (χ3n) is 5.72. The summed E-state index contributed by atoms with van der Waals surface area (Å²) in [5.41, 5.74) is 2.11. The van der Waals surface area contributed by atoms with Crippen LogP contribution in [0.15, 0.2) is 41.3 Å². The monoisotopic (exact) mass is 517 g/mol. The van der Waals surface area contributed by atoms with Crippen LogP contribution in [0.1, 0.15) is 30.1 Å². The number of anilines is 3. The van der Waals surface area contributed by atoms with Crippen LogP contribution in [0.2, 0.25) is 10.2 Å². The molecule has 1 atom stereocenters. The molecule has 0 unspecified atom stereocenters. The van der Waals surface area contributed by atoms with Crippen LogP contribution in [-0.2, 0) is 4.74 Å². The molecule has 2 N–H and O–H groups in total. The van der Waals surface area contributed by atoms with Crippen LogP contribution in [0, 0.1) is 19.8 Å². The fourth-order valence-electron chi connectivity index (χ4n) is 3.75. The Kier molecular flexibility index (Phi) is 7.47.